The van der Waals surface area contributed by atoms with Gasteiger partial charge in [0.25, 0.3) is 0 Å². The van der Waals surface area contributed by atoms with Gasteiger partial charge in [-0.1, -0.05) is 20.8 Å². The molecular formula is C16H31N3O. The first-order valence-corrected chi connectivity index (χ1v) is 8.13. The molecule has 0 aromatic rings. The molecule has 2 aliphatic rings. The third kappa shape index (κ3) is 3.95. The lowest BCUT2D eigenvalue weighted by molar-refractivity contribution is -0.136. The maximum atomic E-state index is 12.8. The van der Waals surface area contributed by atoms with Crippen LogP contribution in [-0.4, -0.2) is 54.5 Å². The van der Waals surface area contributed by atoms with Crippen molar-refractivity contribution in [3.63, 3.8) is 0 Å². The first kappa shape index (κ1) is 15.8. The Morgan fingerprint density at radius 3 is 2.60 bits per heavy atom. The number of carbonyl (C=O) groups is 1. The molecule has 0 radical (unpaired) electrons. The Balaban J connectivity index is 1.99. The summed E-state index contributed by atoms with van der Waals surface area (Å²) >= 11 is 0. The Bertz CT molecular complexity index is 337. The van der Waals surface area contributed by atoms with Gasteiger partial charge in [0.15, 0.2) is 0 Å². The largest absolute Gasteiger partial charge is 0.341 e. The van der Waals surface area contributed by atoms with Gasteiger partial charge in [-0.3, -0.25) is 9.69 Å². The second kappa shape index (κ2) is 6.44. The summed E-state index contributed by atoms with van der Waals surface area (Å²) < 4.78 is 0. The van der Waals surface area contributed by atoms with Gasteiger partial charge in [0.1, 0.15) is 0 Å². The summed E-state index contributed by atoms with van der Waals surface area (Å²) in [6.07, 6.45) is 4.52. The minimum absolute atomic E-state index is 0.0112. The van der Waals surface area contributed by atoms with Crippen LogP contribution in [0.1, 0.15) is 46.5 Å². The first-order valence-electron chi connectivity index (χ1n) is 8.13. The minimum Gasteiger partial charge on any atom is -0.341 e. The van der Waals surface area contributed by atoms with Crippen LogP contribution in [0.15, 0.2) is 0 Å². The van der Waals surface area contributed by atoms with Crippen molar-refractivity contribution in [2.24, 2.45) is 17.1 Å². The maximum Gasteiger partial charge on any atom is 0.227 e. The summed E-state index contributed by atoms with van der Waals surface area (Å²) in [5.41, 5.74) is 6.03. The van der Waals surface area contributed by atoms with Crippen LogP contribution in [0.5, 0.6) is 0 Å². The van der Waals surface area contributed by atoms with Crippen molar-refractivity contribution in [1.29, 1.82) is 0 Å². The molecule has 0 bridgehead atoms. The van der Waals surface area contributed by atoms with E-state index in [4.69, 9.17) is 5.73 Å². The number of nitrogens with two attached hydrogens (primary N) is 1. The fraction of sp³-hybridized carbons (Fsp3) is 0.938. The second-order valence-electron chi connectivity index (χ2n) is 7.67. The van der Waals surface area contributed by atoms with E-state index in [9.17, 15) is 4.79 Å². The number of rotatable bonds is 3. The Morgan fingerprint density at radius 1 is 1.25 bits per heavy atom. The number of fused-ring (bicyclic) bond motifs is 1. The fourth-order valence-corrected chi connectivity index (χ4v) is 3.68. The van der Waals surface area contributed by atoms with Crippen LogP contribution in [-0.2, 0) is 4.79 Å². The molecule has 2 fully saturated rings. The Kier molecular flexibility index (Phi) is 5.08. The van der Waals surface area contributed by atoms with Crippen LogP contribution in [0.4, 0.5) is 0 Å². The number of amides is 1. The lowest BCUT2D eigenvalue weighted by atomic mass is 9.84. The van der Waals surface area contributed by atoms with Crippen molar-refractivity contribution in [1.82, 2.24) is 9.80 Å². The van der Waals surface area contributed by atoms with E-state index in [2.05, 4.69) is 30.6 Å². The highest BCUT2D eigenvalue weighted by Gasteiger charge is 2.33. The molecule has 2 N–H and O–H groups in total. The molecule has 0 aromatic heterocycles. The van der Waals surface area contributed by atoms with E-state index in [0.717, 1.165) is 32.5 Å². The Hall–Kier alpha value is -0.610. The number of hydrogen-bond donors (Lipinski definition) is 1. The van der Waals surface area contributed by atoms with Gasteiger partial charge < -0.3 is 10.6 Å². The predicted molar refractivity (Wildman–Crippen MR) is 82.4 cm³/mol. The van der Waals surface area contributed by atoms with Crippen molar-refractivity contribution in [3.05, 3.63) is 0 Å². The topological polar surface area (TPSA) is 49.6 Å². The van der Waals surface area contributed by atoms with Crippen LogP contribution in [0.3, 0.4) is 0 Å². The summed E-state index contributed by atoms with van der Waals surface area (Å²) in [5, 5.41) is 0. The quantitative estimate of drug-likeness (QED) is 0.856. The molecule has 1 amide bonds. The molecule has 0 aromatic carbocycles. The van der Waals surface area contributed by atoms with Gasteiger partial charge >= 0.3 is 0 Å². The maximum absolute atomic E-state index is 12.8. The van der Waals surface area contributed by atoms with Crippen molar-refractivity contribution in [2.45, 2.75) is 52.5 Å². The van der Waals surface area contributed by atoms with E-state index in [1.54, 1.807) is 0 Å². The monoisotopic (exact) mass is 281 g/mol. The van der Waals surface area contributed by atoms with Gasteiger partial charge in [-0.2, -0.15) is 0 Å². The SMILES string of the molecule is CC(C)(C)CC(CN)C(=O)N1CCCN2CCCC2C1. The van der Waals surface area contributed by atoms with Crippen LogP contribution in [0.2, 0.25) is 0 Å². The molecule has 2 unspecified atom stereocenters. The van der Waals surface area contributed by atoms with Crippen molar-refractivity contribution >= 4 is 5.91 Å². The minimum atomic E-state index is -0.0112. The van der Waals surface area contributed by atoms with Crippen molar-refractivity contribution < 1.29 is 4.79 Å². The number of hydrogen-bond acceptors (Lipinski definition) is 3. The lowest BCUT2D eigenvalue weighted by Gasteiger charge is -2.31. The van der Waals surface area contributed by atoms with Gasteiger partial charge in [0.2, 0.25) is 5.91 Å². The summed E-state index contributed by atoms with van der Waals surface area (Å²) in [6.45, 7) is 11.2. The summed E-state index contributed by atoms with van der Waals surface area (Å²) in [6, 6.07) is 0.592. The average Bonchev–Trinajstić information content (AvgIpc) is 2.71. The Morgan fingerprint density at radius 2 is 1.95 bits per heavy atom. The molecule has 0 aliphatic carbocycles. The van der Waals surface area contributed by atoms with Crippen LogP contribution in [0, 0.1) is 11.3 Å². The van der Waals surface area contributed by atoms with Gasteiger partial charge in [-0.15, -0.1) is 0 Å². The average molecular weight is 281 g/mol. The third-order valence-corrected chi connectivity index (χ3v) is 4.61. The Labute approximate surface area is 123 Å². The molecule has 2 saturated heterocycles. The molecule has 4 nitrogen and oxygen atoms in total. The molecule has 0 spiro atoms. The number of nitrogens with zero attached hydrogens (tertiary/aromatic N) is 2. The highest BCUT2D eigenvalue weighted by atomic mass is 16.2. The molecule has 4 heteroatoms. The normalized spacial score (nSPS) is 26.2. The number of carbonyl (C=O) groups excluding carboxylic acids is 1. The van der Waals surface area contributed by atoms with E-state index < -0.39 is 0 Å². The fourth-order valence-electron chi connectivity index (χ4n) is 3.68. The van der Waals surface area contributed by atoms with Crippen LogP contribution in [0.25, 0.3) is 0 Å². The molecule has 2 aliphatic heterocycles. The van der Waals surface area contributed by atoms with Crippen molar-refractivity contribution in [3.8, 4) is 0 Å². The predicted octanol–water partition coefficient (Wildman–Crippen LogP) is 1.69. The van der Waals surface area contributed by atoms with Crippen LogP contribution >= 0.6 is 0 Å². The zero-order chi connectivity index (χ0) is 14.8. The van der Waals surface area contributed by atoms with Crippen LogP contribution < -0.4 is 5.73 Å². The zero-order valence-corrected chi connectivity index (χ0v) is 13.4. The van der Waals surface area contributed by atoms with E-state index in [-0.39, 0.29) is 17.2 Å². The summed E-state index contributed by atoms with van der Waals surface area (Å²) in [5.74, 6) is 0.277. The second-order valence-corrected chi connectivity index (χ2v) is 7.67. The van der Waals surface area contributed by atoms with E-state index in [1.165, 1.54) is 19.4 Å². The molecule has 0 saturated carbocycles. The van der Waals surface area contributed by atoms with Gasteiger partial charge in [-0.05, 0) is 37.6 Å². The molecule has 2 atom stereocenters. The smallest absolute Gasteiger partial charge is 0.227 e. The molecule has 2 rings (SSSR count). The van der Waals surface area contributed by atoms with E-state index >= 15 is 0 Å². The molecule has 116 valence electrons. The van der Waals surface area contributed by atoms with Gasteiger partial charge in [-0.25, -0.2) is 0 Å². The van der Waals surface area contributed by atoms with E-state index in [0.29, 0.717) is 12.6 Å². The molecular weight excluding hydrogens is 250 g/mol. The molecule has 2 heterocycles. The van der Waals surface area contributed by atoms with Gasteiger partial charge in [0.05, 0.1) is 5.92 Å². The lowest BCUT2D eigenvalue weighted by Crippen LogP contribution is -2.44. The van der Waals surface area contributed by atoms with E-state index in [1.807, 2.05) is 0 Å². The summed E-state index contributed by atoms with van der Waals surface area (Å²) in [7, 11) is 0. The highest BCUT2D eigenvalue weighted by Crippen LogP contribution is 2.27. The zero-order valence-electron chi connectivity index (χ0n) is 13.4. The van der Waals surface area contributed by atoms with Crippen molar-refractivity contribution in [2.75, 3.05) is 32.7 Å². The first-order chi connectivity index (χ1) is 9.40. The standard InChI is InChI=1S/C16H31N3O/c1-16(2,3)10-13(11-17)15(20)19-9-5-8-18-7-4-6-14(18)12-19/h13-14H,4-12,17H2,1-3H3. The highest BCUT2D eigenvalue weighted by molar-refractivity contribution is 5.79. The third-order valence-electron chi connectivity index (χ3n) is 4.61. The molecule has 20 heavy (non-hydrogen) atoms. The van der Waals surface area contributed by atoms with Gasteiger partial charge in [0, 0.05) is 32.2 Å². The summed E-state index contributed by atoms with van der Waals surface area (Å²) in [4.78, 5) is 17.4.